The van der Waals surface area contributed by atoms with Crippen molar-refractivity contribution < 1.29 is 9.13 Å². The lowest BCUT2D eigenvalue weighted by Crippen LogP contribution is -2.34. The predicted molar refractivity (Wildman–Crippen MR) is 52.5 cm³/mol. The fraction of sp³-hybridized carbons (Fsp3) is 0.455. The van der Waals surface area contributed by atoms with E-state index in [-0.39, 0.29) is 11.4 Å². The molecule has 0 saturated carbocycles. The summed E-state index contributed by atoms with van der Waals surface area (Å²) in [5.74, 6) is -0.187. The van der Waals surface area contributed by atoms with Crippen molar-refractivity contribution in [3.63, 3.8) is 0 Å². The zero-order valence-corrected chi connectivity index (χ0v) is 8.22. The molecule has 1 aliphatic rings. The highest BCUT2D eigenvalue weighted by Gasteiger charge is 2.37. The lowest BCUT2D eigenvalue weighted by atomic mass is 9.96. The Labute approximate surface area is 82.9 Å². The quantitative estimate of drug-likeness (QED) is 0.777. The smallest absolute Gasteiger partial charge is 0.123 e. The second kappa shape index (κ2) is 3.33. The standard InChI is InChI=1S/C11H14FNO/c1-14-11(7-13)5-4-8-6-9(12)2-3-10(8)11/h2-3,6H,4-5,7,13H2,1H3. The van der Waals surface area contributed by atoms with Gasteiger partial charge >= 0.3 is 0 Å². The van der Waals surface area contributed by atoms with Crippen LogP contribution in [0.15, 0.2) is 18.2 Å². The lowest BCUT2D eigenvalue weighted by molar-refractivity contribution is -0.00515. The van der Waals surface area contributed by atoms with Gasteiger partial charge in [-0.15, -0.1) is 0 Å². The number of methoxy groups -OCH3 is 1. The van der Waals surface area contributed by atoms with Crippen molar-refractivity contribution in [2.45, 2.75) is 18.4 Å². The van der Waals surface area contributed by atoms with E-state index in [9.17, 15) is 4.39 Å². The van der Waals surface area contributed by atoms with Crippen LogP contribution in [0.3, 0.4) is 0 Å². The summed E-state index contributed by atoms with van der Waals surface area (Å²) in [6.45, 7) is 0.447. The molecule has 0 amide bonds. The molecule has 0 aliphatic heterocycles. The summed E-state index contributed by atoms with van der Waals surface area (Å²) >= 11 is 0. The Kier molecular flexibility index (Phi) is 2.29. The van der Waals surface area contributed by atoms with Crippen LogP contribution in [0, 0.1) is 5.82 Å². The minimum absolute atomic E-state index is 0.187. The van der Waals surface area contributed by atoms with Gasteiger partial charge in [0.1, 0.15) is 11.4 Å². The first-order chi connectivity index (χ1) is 6.72. The summed E-state index contributed by atoms with van der Waals surface area (Å²) in [7, 11) is 1.66. The van der Waals surface area contributed by atoms with Crippen molar-refractivity contribution in [1.82, 2.24) is 0 Å². The molecule has 1 unspecified atom stereocenters. The first-order valence-corrected chi connectivity index (χ1v) is 4.76. The predicted octanol–water partition coefficient (Wildman–Crippen LogP) is 1.57. The van der Waals surface area contributed by atoms with Crippen LogP contribution >= 0.6 is 0 Å². The van der Waals surface area contributed by atoms with Crippen LogP contribution < -0.4 is 5.73 Å². The zero-order chi connectivity index (χ0) is 10.2. The first kappa shape index (κ1) is 9.62. The maximum atomic E-state index is 12.9. The third-order valence-electron chi connectivity index (χ3n) is 3.08. The van der Waals surface area contributed by atoms with E-state index in [4.69, 9.17) is 10.5 Å². The van der Waals surface area contributed by atoms with Gasteiger partial charge in [-0.1, -0.05) is 6.07 Å². The van der Waals surface area contributed by atoms with Gasteiger partial charge in [0.15, 0.2) is 0 Å². The van der Waals surface area contributed by atoms with Crippen molar-refractivity contribution in [1.29, 1.82) is 0 Å². The Bertz CT molecular complexity index is 347. The average molecular weight is 195 g/mol. The van der Waals surface area contributed by atoms with E-state index in [1.807, 2.05) is 0 Å². The number of rotatable bonds is 2. The number of hydrogen-bond donors (Lipinski definition) is 1. The van der Waals surface area contributed by atoms with Crippen LogP contribution in [0.2, 0.25) is 0 Å². The molecule has 1 aliphatic carbocycles. The van der Waals surface area contributed by atoms with Crippen molar-refractivity contribution in [3.8, 4) is 0 Å². The van der Waals surface area contributed by atoms with Crippen molar-refractivity contribution in [2.75, 3.05) is 13.7 Å². The summed E-state index contributed by atoms with van der Waals surface area (Å²) in [6.07, 6.45) is 1.69. The van der Waals surface area contributed by atoms with E-state index in [2.05, 4.69) is 0 Å². The second-order valence-electron chi connectivity index (χ2n) is 3.70. The zero-order valence-electron chi connectivity index (χ0n) is 8.22. The number of benzene rings is 1. The van der Waals surface area contributed by atoms with Crippen molar-refractivity contribution in [2.24, 2.45) is 5.73 Å². The van der Waals surface area contributed by atoms with Gasteiger partial charge in [-0.2, -0.15) is 0 Å². The molecule has 0 saturated heterocycles. The molecule has 2 nitrogen and oxygen atoms in total. The number of halogens is 1. The third-order valence-corrected chi connectivity index (χ3v) is 3.08. The number of fused-ring (bicyclic) bond motifs is 1. The molecule has 0 radical (unpaired) electrons. The Balaban J connectivity index is 2.48. The lowest BCUT2D eigenvalue weighted by Gasteiger charge is -2.27. The summed E-state index contributed by atoms with van der Waals surface area (Å²) in [4.78, 5) is 0. The summed E-state index contributed by atoms with van der Waals surface area (Å²) in [5.41, 5.74) is 7.40. The molecule has 2 rings (SSSR count). The number of hydrogen-bond acceptors (Lipinski definition) is 2. The van der Waals surface area contributed by atoms with Crippen LogP contribution in [0.25, 0.3) is 0 Å². The van der Waals surface area contributed by atoms with Gasteiger partial charge in [0.25, 0.3) is 0 Å². The minimum Gasteiger partial charge on any atom is -0.372 e. The highest BCUT2D eigenvalue weighted by molar-refractivity contribution is 5.38. The Morgan fingerprint density at radius 3 is 3.00 bits per heavy atom. The Morgan fingerprint density at radius 2 is 2.36 bits per heavy atom. The van der Waals surface area contributed by atoms with Crippen molar-refractivity contribution >= 4 is 0 Å². The van der Waals surface area contributed by atoms with Crippen LogP contribution in [0.1, 0.15) is 17.5 Å². The van der Waals surface area contributed by atoms with Gasteiger partial charge < -0.3 is 10.5 Å². The molecule has 0 heterocycles. The SMILES string of the molecule is COC1(CN)CCc2cc(F)ccc21. The molecule has 0 bridgehead atoms. The molecule has 0 spiro atoms. The molecule has 1 aromatic carbocycles. The second-order valence-corrected chi connectivity index (χ2v) is 3.70. The fourth-order valence-corrected chi connectivity index (χ4v) is 2.19. The number of ether oxygens (including phenoxy) is 1. The molecule has 0 fully saturated rings. The molecular weight excluding hydrogens is 181 g/mol. The number of aryl methyl sites for hydroxylation is 1. The van der Waals surface area contributed by atoms with E-state index in [1.165, 1.54) is 6.07 Å². The van der Waals surface area contributed by atoms with Crippen molar-refractivity contribution in [3.05, 3.63) is 35.1 Å². The van der Waals surface area contributed by atoms with Gasteiger partial charge in [-0.25, -0.2) is 4.39 Å². The largest absolute Gasteiger partial charge is 0.372 e. The Morgan fingerprint density at radius 1 is 1.57 bits per heavy atom. The van der Waals surface area contributed by atoms with Gasteiger partial charge in [0.05, 0.1) is 0 Å². The summed E-state index contributed by atoms with van der Waals surface area (Å²) < 4.78 is 18.4. The normalized spacial score (nSPS) is 25.1. The van der Waals surface area contributed by atoms with E-state index < -0.39 is 0 Å². The molecule has 0 aromatic heterocycles. The van der Waals surface area contributed by atoms with Gasteiger partial charge in [0, 0.05) is 13.7 Å². The highest BCUT2D eigenvalue weighted by Crippen LogP contribution is 2.38. The van der Waals surface area contributed by atoms with Crippen LogP contribution in [0.4, 0.5) is 4.39 Å². The third kappa shape index (κ3) is 1.24. The molecule has 1 aromatic rings. The minimum atomic E-state index is -0.386. The average Bonchev–Trinajstić information content (AvgIpc) is 2.56. The maximum absolute atomic E-state index is 12.9. The molecule has 2 N–H and O–H groups in total. The van der Waals surface area contributed by atoms with Gasteiger partial charge in [0.2, 0.25) is 0 Å². The fourth-order valence-electron chi connectivity index (χ4n) is 2.19. The van der Waals surface area contributed by atoms with Crippen LogP contribution in [-0.2, 0) is 16.8 Å². The van der Waals surface area contributed by atoms with Gasteiger partial charge in [-0.3, -0.25) is 0 Å². The molecule has 1 atom stereocenters. The number of nitrogens with two attached hydrogens (primary N) is 1. The van der Waals surface area contributed by atoms with E-state index in [0.717, 1.165) is 24.0 Å². The van der Waals surface area contributed by atoms with E-state index >= 15 is 0 Å². The molecule has 3 heteroatoms. The highest BCUT2D eigenvalue weighted by atomic mass is 19.1. The Hall–Kier alpha value is -0.930. The van der Waals surface area contributed by atoms with Crippen LogP contribution in [0.5, 0.6) is 0 Å². The van der Waals surface area contributed by atoms with Crippen LogP contribution in [-0.4, -0.2) is 13.7 Å². The summed E-state index contributed by atoms with van der Waals surface area (Å²) in [6, 6.07) is 4.83. The maximum Gasteiger partial charge on any atom is 0.123 e. The monoisotopic (exact) mass is 195 g/mol. The molecular formula is C11H14FNO. The molecule has 14 heavy (non-hydrogen) atoms. The van der Waals surface area contributed by atoms with Gasteiger partial charge in [-0.05, 0) is 36.1 Å². The van der Waals surface area contributed by atoms with E-state index in [1.54, 1.807) is 19.2 Å². The summed E-state index contributed by atoms with van der Waals surface area (Å²) in [5, 5.41) is 0. The molecule has 76 valence electrons. The topological polar surface area (TPSA) is 35.2 Å². The van der Waals surface area contributed by atoms with E-state index in [0.29, 0.717) is 6.54 Å². The first-order valence-electron chi connectivity index (χ1n) is 4.76.